The Balaban J connectivity index is 1.63. The van der Waals surface area contributed by atoms with Gasteiger partial charge in [0.1, 0.15) is 11.2 Å². The zero-order valence-electron chi connectivity index (χ0n) is 21.0. The van der Waals surface area contributed by atoms with E-state index in [1.807, 2.05) is 20.8 Å². The van der Waals surface area contributed by atoms with Crippen molar-refractivity contribution in [3.8, 4) is 0 Å². The Hall–Kier alpha value is -1.55. The highest BCUT2D eigenvalue weighted by Gasteiger charge is 2.57. The Bertz CT molecular complexity index is 825. The van der Waals surface area contributed by atoms with Crippen LogP contribution in [0.4, 0.5) is 9.59 Å². The fourth-order valence-corrected chi connectivity index (χ4v) is 6.47. The average Bonchev–Trinajstić information content (AvgIpc) is 2.55. The van der Waals surface area contributed by atoms with Gasteiger partial charge in [0.05, 0.1) is 0 Å². The second-order valence-corrected chi connectivity index (χ2v) is 13.7. The Morgan fingerprint density at radius 3 is 2.03 bits per heavy atom. The Kier molecular flexibility index (Phi) is 7.30. The first-order chi connectivity index (χ1) is 15.1. The monoisotopic (exact) mass is 487 g/mol. The van der Waals surface area contributed by atoms with Crippen molar-refractivity contribution in [2.75, 3.05) is 19.6 Å². The molecule has 3 rings (SSSR count). The smallest absolute Gasteiger partial charge is 0.422 e. The van der Waals surface area contributed by atoms with Crippen molar-refractivity contribution >= 4 is 22.4 Å². The zero-order chi connectivity index (χ0) is 24.7. The van der Waals surface area contributed by atoms with Gasteiger partial charge in [0.2, 0.25) is 0 Å². The van der Waals surface area contributed by atoms with Gasteiger partial charge < -0.3 is 14.4 Å². The SMILES string of the molecule is CC(C)(C)OC(=O)NS(=O)(=O)N(CC1CCCCC1)C1CC2(C1)CN(C(=O)OC(C)(C)C)C2. The standard InChI is InChI=1S/C23H41N3O6S/c1-21(2,3)31-19(27)24-33(29,30)26(14-17-10-8-7-9-11-17)18-12-23(13-18)15-25(16-23)20(28)32-22(4,5)6/h17-18H,7-16H2,1-6H3,(H,24,27). The molecule has 0 bridgehead atoms. The van der Waals surface area contributed by atoms with Gasteiger partial charge in [0, 0.05) is 31.1 Å². The third-order valence-electron chi connectivity index (χ3n) is 6.53. The molecule has 2 saturated carbocycles. The normalized spacial score (nSPS) is 22.0. The van der Waals surface area contributed by atoms with Crippen molar-refractivity contribution in [2.45, 2.75) is 104 Å². The van der Waals surface area contributed by atoms with Gasteiger partial charge in [-0.25, -0.2) is 14.3 Å². The lowest BCUT2D eigenvalue weighted by Crippen LogP contribution is -2.69. The van der Waals surface area contributed by atoms with Crippen molar-refractivity contribution in [3.63, 3.8) is 0 Å². The van der Waals surface area contributed by atoms with Crippen molar-refractivity contribution in [1.82, 2.24) is 13.9 Å². The Morgan fingerprint density at radius 2 is 1.52 bits per heavy atom. The van der Waals surface area contributed by atoms with Gasteiger partial charge in [-0.15, -0.1) is 0 Å². The number of hydrogen-bond donors (Lipinski definition) is 1. The number of nitrogens with zero attached hydrogens (tertiary/aromatic N) is 2. The number of ether oxygens (including phenoxy) is 2. The van der Waals surface area contributed by atoms with E-state index < -0.39 is 27.5 Å². The van der Waals surface area contributed by atoms with Crippen LogP contribution in [0.25, 0.3) is 0 Å². The van der Waals surface area contributed by atoms with Crippen molar-refractivity contribution < 1.29 is 27.5 Å². The molecule has 1 spiro atoms. The summed E-state index contributed by atoms with van der Waals surface area (Å²) < 4.78 is 40.6. The minimum Gasteiger partial charge on any atom is -0.444 e. The minimum absolute atomic E-state index is 0.0617. The third-order valence-corrected chi connectivity index (χ3v) is 8.02. The minimum atomic E-state index is -4.04. The third kappa shape index (κ3) is 6.97. The predicted octanol–water partition coefficient (Wildman–Crippen LogP) is 4.04. The summed E-state index contributed by atoms with van der Waals surface area (Å²) in [6.07, 6.45) is 5.48. The van der Waals surface area contributed by atoms with Crippen LogP contribution in [0, 0.1) is 11.3 Å². The Morgan fingerprint density at radius 1 is 0.970 bits per heavy atom. The number of nitrogens with one attached hydrogen (secondary N) is 1. The van der Waals surface area contributed by atoms with E-state index in [0.717, 1.165) is 25.7 Å². The van der Waals surface area contributed by atoms with Gasteiger partial charge >= 0.3 is 22.4 Å². The molecule has 0 radical (unpaired) electrons. The summed E-state index contributed by atoms with van der Waals surface area (Å²) in [4.78, 5) is 26.2. The zero-order valence-corrected chi connectivity index (χ0v) is 21.8. The van der Waals surface area contributed by atoms with Crippen LogP contribution in [-0.4, -0.2) is 66.7 Å². The molecule has 1 saturated heterocycles. The summed E-state index contributed by atoms with van der Waals surface area (Å²) in [5.74, 6) is 0.296. The van der Waals surface area contributed by atoms with E-state index in [1.165, 1.54) is 10.7 Å². The van der Waals surface area contributed by atoms with E-state index in [1.54, 1.807) is 25.7 Å². The fourth-order valence-electron chi connectivity index (χ4n) is 5.15. The van der Waals surface area contributed by atoms with Gasteiger partial charge in [0.15, 0.2) is 0 Å². The number of carbonyl (C=O) groups is 2. The first kappa shape index (κ1) is 26.1. The highest BCUT2D eigenvalue weighted by molar-refractivity contribution is 7.87. The predicted molar refractivity (Wildman–Crippen MR) is 125 cm³/mol. The summed E-state index contributed by atoms with van der Waals surface area (Å²) >= 11 is 0. The molecule has 3 fully saturated rings. The van der Waals surface area contributed by atoms with Crippen LogP contribution in [0.5, 0.6) is 0 Å². The lowest BCUT2D eigenvalue weighted by atomic mass is 9.60. The maximum Gasteiger partial charge on any atom is 0.422 e. The lowest BCUT2D eigenvalue weighted by Gasteiger charge is -2.60. The molecule has 2 aliphatic carbocycles. The van der Waals surface area contributed by atoms with Crippen LogP contribution in [0.3, 0.4) is 0 Å². The number of hydrogen-bond acceptors (Lipinski definition) is 6. The first-order valence-corrected chi connectivity index (χ1v) is 13.5. The molecule has 2 amide bonds. The van der Waals surface area contributed by atoms with Crippen molar-refractivity contribution in [2.24, 2.45) is 11.3 Å². The largest absolute Gasteiger partial charge is 0.444 e. The van der Waals surface area contributed by atoms with Crippen LogP contribution in [0.2, 0.25) is 0 Å². The molecule has 3 aliphatic rings. The molecule has 33 heavy (non-hydrogen) atoms. The molecule has 9 nitrogen and oxygen atoms in total. The summed E-state index contributed by atoms with van der Waals surface area (Å²) in [6.45, 7) is 12.2. The molecule has 1 heterocycles. The molecular weight excluding hydrogens is 446 g/mol. The van der Waals surface area contributed by atoms with E-state index in [0.29, 0.717) is 38.4 Å². The summed E-state index contributed by atoms with van der Waals surface area (Å²) in [5.41, 5.74) is -1.39. The molecule has 10 heteroatoms. The quantitative estimate of drug-likeness (QED) is 0.627. The van der Waals surface area contributed by atoms with Gasteiger partial charge in [-0.2, -0.15) is 12.7 Å². The molecule has 1 N–H and O–H groups in total. The maximum atomic E-state index is 13.2. The van der Waals surface area contributed by atoms with Crippen molar-refractivity contribution in [1.29, 1.82) is 0 Å². The summed E-state index contributed by atoms with van der Waals surface area (Å²) in [7, 11) is -4.04. The lowest BCUT2D eigenvalue weighted by molar-refractivity contribution is -0.0965. The van der Waals surface area contributed by atoms with Crippen LogP contribution in [0.15, 0.2) is 0 Å². The molecular formula is C23H41N3O6S. The van der Waals surface area contributed by atoms with Crippen LogP contribution < -0.4 is 4.72 Å². The van der Waals surface area contributed by atoms with E-state index in [9.17, 15) is 18.0 Å². The molecule has 0 unspecified atom stereocenters. The molecule has 190 valence electrons. The number of rotatable bonds is 5. The van der Waals surface area contributed by atoms with Gasteiger partial charge in [-0.05, 0) is 73.1 Å². The van der Waals surface area contributed by atoms with Gasteiger partial charge in [0.25, 0.3) is 0 Å². The highest BCUT2D eigenvalue weighted by Crippen LogP contribution is 2.51. The van der Waals surface area contributed by atoms with E-state index in [4.69, 9.17) is 9.47 Å². The maximum absolute atomic E-state index is 13.2. The van der Waals surface area contributed by atoms with Crippen LogP contribution in [0.1, 0.15) is 86.5 Å². The number of carbonyl (C=O) groups excluding carboxylic acids is 2. The fraction of sp³-hybridized carbons (Fsp3) is 0.913. The van der Waals surface area contributed by atoms with Crippen LogP contribution >= 0.6 is 0 Å². The highest BCUT2D eigenvalue weighted by atomic mass is 32.2. The van der Waals surface area contributed by atoms with Crippen LogP contribution in [-0.2, 0) is 19.7 Å². The second-order valence-electron chi connectivity index (χ2n) is 12.1. The second kappa shape index (κ2) is 9.24. The molecule has 1 aliphatic heterocycles. The van der Waals surface area contributed by atoms with Crippen molar-refractivity contribution in [3.05, 3.63) is 0 Å². The molecule has 0 atom stereocenters. The molecule has 0 aromatic rings. The van der Waals surface area contributed by atoms with Gasteiger partial charge in [-0.3, -0.25) is 0 Å². The topological polar surface area (TPSA) is 105 Å². The van der Waals surface area contributed by atoms with Gasteiger partial charge in [-0.1, -0.05) is 19.3 Å². The average molecular weight is 488 g/mol. The summed E-state index contributed by atoms with van der Waals surface area (Å²) in [6, 6.07) is -0.187. The first-order valence-electron chi connectivity index (χ1n) is 12.1. The Labute approximate surface area is 198 Å². The van der Waals surface area contributed by atoms with E-state index in [-0.39, 0.29) is 17.6 Å². The number of likely N-dealkylation sites (tertiary alicyclic amines) is 1. The summed E-state index contributed by atoms with van der Waals surface area (Å²) in [5, 5.41) is 0. The number of amides is 2. The van der Waals surface area contributed by atoms with E-state index in [2.05, 4.69) is 4.72 Å². The molecule has 0 aromatic heterocycles. The van der Waals surface area contributed by atoms with E-state index >= 15 is 0 Å². The molecule has 0 aromatic carbocycles.